The first kappa shape index (κ1) is 17.2. The van der Waals surface area contributed by atoms with Gasteiger partial charge in [0.2, 0.25) is 0 Å². The Morgan fingerprint density at radius 2 is 2.14 bits per heavy atom. The quantitative estimate of drug-likeness (QED) is 0.821. The second-order valence-electron chi connectivity index (χ2n) is 6.58. The Morgan fingerprint density at radius 1 is 1.38 bits per heavy atom. The molecule has 0 spiro atoms. The monoisotopic (exact) mass is 319 g/mol. The molecule has 1 aliphatic carbocycles. The van der Waals surface area contributed by atoms with Crippen molar-refractivity contribution in [2.24, 2.45) is 5.92 Å². The molecule has 1 N–H and O–H groups in total. The molecular formula is C15H29NO4S. The molecule has 21 heavy (non-hydrogen) atoms. The second kappa shape index (κ2) is 7.40. The molecule has 4 unspecified atom stereocenters. The number of morpholine rings is 1. The van der Waals surface area contributed by atoms with E-state index >= 15 is 0 Å². The minimum Gasteiger partial charge on any atom is -0.390 e. The maximum Gasteiger partial charge on any atom is 0.150 e. The van der Waals surface area contributed by atoms with Gasteiger partial charge in [0.05, 0.1) is 24.1 Å². The van der Waals surface area contributed by atoms with E-state index in [-0.39, 0.29) is 17.3 Å². The number of ether oxygens (including phenoxy) is 1. The molecule has 0 amide bonds. The van der Waals surface area contributed by atoms with E-state index in [1.165, 1.54) is 6.26 Å². The lowest BCUT2D eigenvalue weighted by molar-refractivity contribution is -0.109. The SMILES string of the molecule is CCCN1CCOC(C(O)C2CCCC(S(C)(=O)=O)C2)C1. The Morgan fingerprint density at radius 3 is 2.81 bits per heavy atom. The Kier molecular flexibility index (Phi) is 6.05. The molecule has 4 atom stereocenters. The fraction of sp³-hybridized carbons (Fsp3) is 1.00. The maximum absolute atomic E-state index is 11.7. The first-order valence-corrected chi connectivity index (χ1v) is 10.1. The highest BCUT2D eigenvalue weighted by Gasteiger charge is 2.37. The molecule has 1 saturated heterocycles. The van der Waals surface area contributed by atoms with Crippen LogP contribution in [0.4, 0.5) is 0 Å². The van der Waals surface area contributed by atoms with Crippen LogP contribution in [-0.2, 0) is 14.6 Å². The van der Waals surface area contributed by atoms with E-state index in [1.54, 1.807) is 0 Å². The van der Waals surface area contributed by atoms with Gasteiger partial charge in [0.15, 0.2) is 0 Å². The summed E-state index contributed by atoms with van der Waals surface area (Å²) in [7, 11) is -3.00. The van der Waals surface area contributed by atoms with Crippen molar-refractivity contribution in [3.05, 3.63) is 0 Å². The van der Waals surface area contributed by atoms with Gasteiger partial charge in [-0.1, -0.05) is 13.3 Å². The first-order chi connectivity index (χ1) is 9.91. The van der Waals surface area contributed by atoms with E-state index in [4.69, 9.17) is 4.74 Å². The van der Waals surface area contributed by atoms with E-state index in [2.05, 4.69) is 11.8 Å². The third-order valence-electron chi connectivity index (χ3n) is 4.85. The zero-order chi connectivity index (χ0) is 15.5. The van der Waals surface area contributed by atoms with E-state index in [1.807, 2.05) is 0 Å². The predicted octanol–water partition coefficient (Wildman–Crippen LogP) is 1.06. The standard InChI is InChI=1S/C15H29NO4S/c1-3-7-16-8-9-20-14(11-16)15(17)12-5-4-6-13(10-12)21(2,18)19/h12-15,17H,3-11H2,1-2H3. The topological polar surface area (TPSA) is 66.8 Å². The average Bonchev–Trinajstić information content (AvgIpc) is 2.46. The van der Waals surface area contributed by atoms with E-state index in [9.17, 15) is 13.5 Å². The number of sulfone groups is 1. The number of aliphatic hydroxyl groups excluding tert-OH is 1. The van der Waals surface area contributed by atoms with Gasteiger partial charge in [-0.3, -0.25) is 4.90 Å². The third-order valence-corrected chi connectivity index (χ3v) is 6.49. The van der Waals surface area contributed by atoms with Gasteiger partial charge in [0.25, 0.3) is 0 Å². The van der Waals surface area contributed by atoms with Crippen molar-refractivity contribution in [3.8, 4) is 0 Å². The molecular weight excluding hydrogens is 290 g/mol. The van der Waals surface area contributed by atoms with Gasteiger partial charge in [0, 0.05) is 19.3 Å². The molecule has 0 aromatic carbocycles. The minimum absolute atomic E-state index is 0.0463. The zero-order valence-electron chi connectivity index (χ0n) is 13.2. The van der Waals surface area contributed by atoms with Crippen LogP contribution in [0.15, 0.2) is 0 Å². The van der Waals surface area contributed by atoms with E-state index in [0.717, 1.165) is 45.3 Å². The van der Waals surface area contributed by atoms with Gasteiger partial charge in [-0.25, -0.2) is 8.42 Å². The predicted molar refractivity (Wildman–Crippen MR) is 83.1 cm³/mol. The molecule has 2 rings (SSSR count). The van der Waals surface area contributed by atoms with Gasteiger partial charge < -0.3 is 9.84 Å². The summed E-state index contributed by atoms with van der Waals surface area (Å²) >= 11 is 0. The van der Waals surface area contributed by atoms with Crippen LogP contribution < -0.4 is 0 Å². The summed E-state index contributed by atoms with van der Waals surface area (Å²) in [6.45, 7) is 5.52. The molecule has 2 fully saturated rings. The Hall–Kier alpha value is -0.170. The van der Waals surface area contributed by atoms with Crippen molar-refractivity contribution in [1.29, 1.82) is 0 Å². The van der Waals surface area contributed by atoms with Crippen LogP contribution in [0, 0.1) is 5.92 Å². The highest BCUT2D eigenvalue weighted by atomic mass is 32.2. The highest BCUT2D eigenvalue weighted by molar-refractivity contribution is 7.91. The number of hydrogen-bond acceptors (Lipinski definition) is 5. The molecule has 1 aliphatic heterocycles. The normalized spacial score (nSPS) is 33.8. The van der Waals surface area contributed by atoms with Crippen LogP contribution in [-0.4, -0.2) is 68.4 Å². The van der Waals surface area contributed by atoms with Crippen LogP contribution in [0.2, 0.25) is 0 Å². The lowest BCUT2D eigenvalue weighted by atomic mass is 9.82. The van der Waals surface area contributed by atoms with E-state index < -0.39 is 15.9 Å². The highest BCUT2D eigenvalue weighted by Crippen LogP contribution is 2.32. The average molecular weight is 319 g/mol. The Bertz CT molecular complexity index is 423. The van der Waals surface area contributed by atoms with Gasteiger partial charge in [0.1, 0.15) is 9.84 Å². The maximum atomic E-state index is 11.7. The fourth-order valence-electron chi connectivity index (χ4n) is 3.64. The Balaban J connectivity index is 1.94. The van der Waals surface area contributed by atoms with Crippen LogP contribution in [0.5, 0.6) is 0 Å². The molecule has 5 nitrogen and oxygen atoms in total. The fourth-order valence-corrected chi connectivity index (χ4v) is 4.83. The van der Waals surface area contributed by atoms with Crippen molar-refractivity contribution in [2.45, 2.75) is 56.5 Å². The van der Waals surface area contributed by atoms with Gasteiger partial charge in [-0.05, 0) is 38.1 Å². The summed E-state index contributed by atoms with van der Waals surface area (Å²) in [5.41, 5.74) is 0. The van der Waals surface area contributed by atoms with Crippen LogP contribution >= 0.6 is 0 Å². The van der Waals surface area contributed by atoms with Gasteiger partial charge >= 0.3 is 0 Å². The number of aliphatic hydroxyl groups is 1. The summed E-state index contributed by atoms with van der Waals surface area (Å²) < 4.78 is 29.2. The summed E-state index contributed by atoms with van der Waals surface area (Å²) in [6.07, 6.45) is 4.78. The summed E-state index contributed by atoms with van der Waals surface area (Å²) in [5, 5.41) is 10.3. The van der Waals surface area contributed by atoms with Crippen molar-refractivity contribution in [3.63, 3.8) is 0 Å². The van der Waals surface area contributed by atoms with Crippen molar-refractivity contribution in [1.82, 2.24) is 4.90 Å². The Labute approximate surface area is 128 Å². The van der Waals surface area contributed by atoms with Crippen molar-refractivity contribution in [2.75, 3.05) is 32.5 Å². The second-order valence-corrected chi connectivity index (χ2v) is 8.90. The molecule has 0 bridgehead atoms. The molecule has 6 heteroatoms. The minimum atomic E-state index is -3.00. The summed E-state index contributed by atoms with van der Waals surface area (Å²) in [6, 6.07) is 0. The summed E-state index contributed by atoms with van der Waals surface area (Å²) in [4.78, 5) is 2.33. The van der Waals surface area contributed by atoms with Crippen molar-refractivity contribution >= 4 is 9.84 Å². The molecule has 0 aromatic rings. The molecule has 0 aromatic heterocycles. The molecule has 1 saturated carbocycles. The van der Waals surface area contributed by atoms with Gasteiger partial charge in [-0.2, -0.15) is 0 Å². The number of nitrogens with zero attached hydrogens (tertiary/aromatic N) is 1. The van der Waals surface area contributed by atoms with Crippen molar-refractivity contribution < 1.29 is 18.3 Å². The molecule has 0 radical (unpaired) electrons. The lowest BCUT2D eigenvalue weighted by Crippen LogP contribution is -2.50. The largest absolute Gasteiger partial charge is 0.390 e. The lowest BCUT2D eigenvalue weighted by Gasteiger charge is -2.39. The number of rotatable bonds is 5. The van der Waals surface area contributed by atoms with E-state index in [0.29, 0.717) is 13.0 Å². The number of hydrogen-bond donors (Lipinski definition) is 1. The zero-order valence-corrected chi connectivity index (χ0v) is 14.0. The smallest absolute Gasteiger partial charge is 0.150 e. The molecule has 124 valence electrons. The van der Waals surface area contributed by atoms with Crippen LogP contribution in [0.1, 0.15) is 39.0 Å². The first-order valence-electron chi connectivity index (χ1n) is 8.12. The van der Waals surface area contributed by atoms with Crippen LogP contribution in [0.25, 0.3) is 0 Å². The third kappa shape index (κ3) is 4.65. The molecule has 2 aliphatic rings. The van der Waals surface area contributed by atoms with Crippen LogP contribution in [0.3, 0.4) is 0 Å². The molecule has 1 heterocycles. The van der Waals surface area contributed by atoms with Gasteiger partial charge in [-0.15, -0.1) is 0 Å². The summed E-state index contributed by atoms with van der Waals surface area (Å²) in [5.74, 6) is 0.0463.